The zero-order valence-electron chi connectivity index (χ0n) is 12.5. The summed E-state index contributed by atoms with van der Waals surface area (Å²) < 4.78 is 5.65. The first-order valence-electron chi connectivity index (χ1n) is 7.59. The van der Waals surface area contributed by atoms with E-state index < -0.39 is 0 Å². The van der Waals surface area contributed by atoms with Crippen LogP contribution in [0.2, 0.25) is 0 Å². The summed E-state index contributed by atoms with van der Waals surface area (Å²) in [7, 11) is 2.14. The van der Waals surface area contributed by atoms with Gasteiger partial charge in [0.25, 0.3) is 0 Å². The van der Waals surface area contributed by atoms with Crippen molar-refractivity contribution >= 4 is 11.9 Å². The summed E-state index contributed by atoms with van der Waals surface area (Å²) >= 11 is 0. The van der Waals surface area contributed by atoms with Gasteiger partial charge in [-0.2, -0.15) is 0 Å². The molecule has 2 aliphatic heterocycles. The maximum Gasteiger partial charge on any atom is 0.163 e. The Labute approximate surface area is 126 Å². The fourth-order valence-corrected chi connectivity index (χ4v) is 2.77. The number of carbonyl (C=O) groups excluding carboxylic acids is 1. The molecular weight excluding hydrogens is 264 g/mol. The van der Waals surface area contributed by atoms with Gasteiger partial charge in [-0.05, 0) is 19.2 Å². The van der Waals surface area contributed by atoms with Gasteiger partial charge in [-0.1, -0.05) is 18.2 Å². The lowest BCUT2D eigenvalue weighted by atomic mass is 10.0. The van der Waals surface area contributed by atoms with E-state index in [2.05, 4.69) is 16.8 Å². The van der Waals surface area contributed by atoms with Crippen molar-refractivity contribution in [3.63, 3.8) is 0 Å². The molecule has 0 spiro atoms. The predicted molar refractivity (Wildman–Crippen MR) is 83.5 cm³/mol. The van der Waals surface area contributed by atoms with Crippen molar-refractivity contribution in [2.24, 2.45) is 0 Å². The van der Waals surface area contributed by atoms with Gasteiger partial charge in [0.1, 0.15) is 12.4 Å². The van der Waals surface area contributed by atoms with Gasteiger partial charge in [-0.3, -0.25) is 4.79 Å². The number of rotatable bonds is 4. The van der Waals surface area contributed by atoms with Gasteiger partial charge < -0.3 is 14.5 Å². The first-order chi connectivity index (χ1) is 10.2. The van der Waals surface area contributed by atoms with E-state index in [4.69, 9.17) is 4.74 Å². The second kappa shape index (κ2) is 6.41. The molecule has 0 unspecified atom stereocenters. The number of para-hydroxylation sites is 1. The standard InChI is InChI=1S/C17H22N2O2/c1-18-8-10-19(11-9-18)7-6-16(20)15-12-14-4-2-3-5-17(14)21-13-15/h2-5,12H,6-11,13H2,1H3. The molecule has 0 aromatic heterocycles. The maximum atomic E-state index is 12.3. The molecule has 1 fully saturated rings. The highest BCUT2D eigenvalue weighted by atomic mass is 16.5. The second-order valence-corrected chi connectivity index (χ2v) is 5.81. The van der Waals surface area contributed by atoms with Crippen molar-refractivity contribution in [1.82, 2.24) is 9.80 Å². The predicted octanol–water partition coefficient (Wildman–Crippen LogP) is 1.67. The van der Waals surface area contributed by atoms with E-state index in [9.17, 15) is 4.79 Å². The molecule has 2 heterocycles. The van der Waals surface area contributed by atoms with E-state index in [1.165, 1.54) is 0 Å². The van der Waals surface area contributed by atoms with E-state index in [0.717, 1.165) is 49.6 Å². The lowest BCUT2D eigenvalue weighted by Gasteiger charge is -2.32. The van der Waals surface area contributed by atoms with Crippen molar-refractivity contribution in [2.75, 3.05) is 46.4 Å². The molecule has 112 valence electrons. The molecule has 1 saturated heterocycles. The molecule has 4 nitrogen and oxygen atoms in total. The Bertz CT molecular complexity index is 545. The van der Waals surface area contributed by atoms with Crippen LogP contribution in [0, 0.1) is 0 Å². The molecular formula is C17H22N2O2. The van der Waals surface area contributed by atoms with Crippen LogP contribution in [0.5, 0.6) is 5.75 Å². The van der Waals surface area contributed by atoms with Crippen LogP contribution in [0.4, 0.5) is 0 Å². The van der Waals surface area contributed by atoms with E-state index in [0.29, 0.717) is 13.0 Å². The highest BCUT2D eigenvalue weighted by Gasteiger charge is 2.19. The minimum absolute atomic E-state index is 0.212. The normalized spacial score (nSPS) is 19.6. The SMILES string of the molecule is CN1CCN(CCC(=O)C2=Cc3ccccc3OC2)CC1. The van der Waals surface area contributed by atoms with Crippen molar-refractivity contribution in [1.29, 1.82) is 0 Å². The van der Waals surface area contributed by atoms with Crippen molar-refractivity contribution in [3.8, 4) is 5.75 Å². The summed E-state index contributed by atoms with van der Waals surface area (Å²) in [5, 5.41) is 0. The third kappa shape index (κ3) is 3.52. The maximum absolute atomic E-state index is 12.3. The number of hydrogen-bond acceptors (Lipinski definition) is 4. The molecule has 0 bridgehead atoms. The summed E-state index contributed by atoms with van der Waals surface area (Å²) in [5.41, 5.74) is 1.80. The molecule has 0 N–H and O–H groups in total. The number of benzene rings is 1. The number of ether oxygens (including phenoxy) is 1. The lowest BCUT2D eigenvalue weighted by molar-refractivity contribution is -0.116. The number of fused-ring (bicyclic) bond motifs is 1. The third-order valence-corrected chi connectivity index (χ3v) is 4.24. The van der Waals surface area contributed by atoms with Crippen LogP contribution in [0.1, 0.15) is 12.0 Å². The van der Waals surface area contributed by atoms with E-state index in [1.807, 2.05) is 30.3 Å². The molecule has 0 radical (unpaired) electrons. The minimum atomic E-state index is 0.212. The summed E-state index contributed by atoms with van der Waals surface area (Å²) in [6.45, 7) is 5.55. The van der Waals surface area contributed by atoms with Crippen LogP contribution in [0.3, 0.4) is 0 Å². The highest BCUT2D eigenvalue weighted by molar-refractivity contribution is 6.00. The largest absolute Gasteiger partial charge is 0.488 e. The topological polar surface area (TPSA) is 32.8 Å². The number of likely N-dealkylation sites (N-methyl/N-ethyl adjacent to an activating group) is 1. The van der Waals surface area contributed by atoms with Crippen LogP contribution < -0.4 is 4.74 Å². The Kier molecular flexibility index (Phi) is 4.36. The van der Waals surface area contributed by atoms with Gasteiger partial charge in [0.15, 0.2) is 5.78 Å². The minimum Gasteiger partial charge on any atom is -0.488 e. The summed E-state index contributed by atoms with van der Waals surface area (Å²) in [6.07, 6.45) is 2.56. The number of piperazine rings is 1. The Morgan fingerprint density at radius 3 is 2.76 bits per heavy atom. The summed E-state index contributed by atoms with van der Waals surface area (Å²) in [5.74, 6) is 1.08. The fraction of sp³-hybridized carbons (Fsp3) is 0.471. The second-order valence-electron chi connectivity index (χ2n) is 5.81. The molecule has 0 aliphatic carbocycles. The molecule has 3 rings (SSSR count). The van der Waals surface area contributed by atoms with Crippen LogP contribution >= 0.6 is 0 Å². The van der Waals surface area contributed by atoms with Gasteiger partial charge in [0.2, 0.25) is 0 Å². The van der Waals surface area contributed by atoms with Gasteiger partial charge in [0, 0.05) is 50.3 Å². The van der Waals surface area contributed by atoms with Crippen LogP contribution in [-0.2, 0) is 4.79 Å². The van der Waals surface area contributed by atoms with Gasteiger partial charge in [-0.15, -0.1) is 0 Å². The van der Waals surface area contributed by atoms with Crippen molar-refractivity contribution in [2.45, 2.75) is 6.42 Å². The molecule has 0 amide bonds. The number of nitrogens with zero attached hydrogens (tertiary/aromatic N) is 2. The lowest BCUT2D eigenvalue weighted by Crippen LogP contribution is -2.45. The monoisotopic (exact) mass is 286 g/mol. The molecule has 0 saturated carbocycles. The fourth-order valence-electron chi connectivity index (χ4n) is 2.77. The average molecular weight is 286 g/mol. The molecule has 4 heteroatoms. The Morgan fingerprint density at radius 2 is 1.95 bits per heavy atom. The van der Waals surface area contributed by atoms with Crippen molar-refractivity contribution < 1.29 is 9.53 Å². The third-order valence-electron chi connectivity index (χ3n) is 4.24. The Morgan fingerprint density at radius 1 is 1.19 bits per heavy atom. The average Bonchev–Trinajstić information content (AvgIpc) is 2.53. The van der Waals surface area contributed by atoms with Gasteiger partial charge >= 0.3 is 0 Å². The van der Waals surface area contributed by atoms with E-state index in [-0.39, 0.29) is 5.78 Å². The quantitative estimate of drug-likeness (QED) is 0.843. The van der Waals surface area contributed by atoms with E-state index in [1.54, 1.807) is 0 Å². The highest BCUT2D eigenvalue weighted by Crippen LogP contribution is 2.26. The first-order valence-corrected chi connectivity index (χ1v) is 7.59. The number of carbonyl (C=O) groups is 1. The first kappa shape index (κ1) is 14.3. The van der Waals surface area contributed by atoms with Crippen LogP contribution in [0.15, 0.2) is 29.8 Å². The zero-order chi connectivity index (χ0) is 14.7. The molecule has 1 aromatic carbocycles. The van der Waals surface area contributed by atoms with Crippen molar-refractivity contribution in [3.05, 3.63) is 35.4 Å². The Balaban J connectivity index is 1.56. The summed E-state index contributed by atoms with van der Waals surface area (Å²) in [4.78, 5) is 17.0. The smallest absolute Gasteiger partial charge is 0.163 e. The molecule has 2 aliphatic rings. The zero-order valence-corrected chi connectivity index (χ0v) is 12.5. The van der Waals surface area contributed by atoms with Gasteiger partial charge in [0.05, 0.1) is 0 Å². The number of Topliss-reactive ketones (excluding diaryl/α,β-unsaturated/α-hetero) is 1. The van der Waals surface area contributed by atoms with Crippen LogP contribution in [0.25, 0.3) is 6.08 Å². The Hall–Kier alpha value is -1.65. The van der Waals surface area contributed by atoms with Gasteiger partial charge in [-0.25, -0.2) is 0 Å². The number of ketones is 1. The van der Waals surface area contributed by atoms with Crippen LogP contribution in [-0.4, -0.2) is 62.0 Å². The van der Waals surface area contributed by atoms with E-state index >= 15 is 0 Å². The molecule has 0 atom stereocenters. The number of hydrogen-bond donors (Lipinski definition) is 0. The molecule has 1 aromatic rings. The molecule has 21 heavy (non-hydrogen) atoms. The summed E-state index contributed by atoms with van der Waals surface area (Å²) in [6, 6.07) is 7.85.